The van der Waals surface area contributed by atoms with Crippen molar-refractivity contribution < 1.29 is 18.3 Å². The standard InChI is InChI=1S/C16H16F2N2O2/c17-16(18)22-15-7-3-13(4-8-15)10-19-9-12-1-5-14(6-2-12)20-11-21/h1-8,11,16,19H,9-10H2,(H,20,21). The van der Waals surface area contributed by atoms with Crippen LogP contribution in [-0.4, -0.2) is 13.0 Å². The first-order valence-corrected chi connectivity index (χ1v) is 6.71. The number of halogens is 2. The lowest BCUT2D eigenvalue weighted by atomic mass is 10.2. The summed E-state index contributed by atoms with van der Waals surface area (Å²) < 4.78 is 28.3. The third kappa shape index (κ3) is 5.14. The third-order valence-corrected chi connectivity index (χ3v) is 2.99. The zero-order valence-corrected chi connectivity index (χ0v) is 11.8. The number of hydrogen-bond acceptors (Lipinski definition) is 3. The lowest BCUT2D eigenvalue weighted by molar-refractivity contribution is -0.105. The number of carbonyl (C=O) groups excluding carboxylic acids is 1. The normalized spacial score (nSPS) is 10.5. The average molecular weight is 306 g/mol. The lowest BCUT2D eigenvalue weighted by Crippen LogP contribution is -2.12. The molecule has 22 heavy (non-hydrogen) atoms. The summed E-state index contributed by atoms with van der Waals surface area (Å²) in [5, 5.41) is 5.82. The van der Waals surface area contributed by atoms with Crippen LogP contribution in [0.1, 0.15) is 11.1 Å². The lowest BCUT2D eigenvalue weighted by Gasteiger charge is -2.08. The van der Waals surface area contributed by atoms with Crippen molar-refractivity contribution >= 4 is 12.1 Å². The highest BCUT2D eigenvalue weighted by molar-refractivity contribution is 5.70. The Morgan fingerprint density at radius 2 is 1.50 bits per heavy atom. The summed E-state index contributed by atoms with van der Waals surface area (Å²) in [5.74, 6) is 0.150. The molecule has 0 aromatic heterocycles. The summed E-state index contributed by atoms with van der Waals surface area (Å²) in [5.41, 5.74) is 2.79. The highest BCUT2D eigenvalue weighted by Gasteiger charge is 2.03. The summed E-state index contributed by atoms with van der Waals surface area (Å²) in [6.07, 6.45) is 0.634. The van der Waals surface area contributed by atoms with E-state index >= 15 is 0 Å². The van der Waals surface area contributed by atoms with Gasteiger partial charge < -0.3 is 15.4 Å². The van der Waals surface area contributed by atoms with Crippen molar-refractivity contribution in [2.24, 2.45) is 0 Å². The number of rotatable bonds is 8. The van der Waals surface area contributed by atoms with Gasteiger partial charge >= 0.3 is 6.61 Å². The highest BCUT2D eigenvalue weighted by atomic mass is 19.3. The first-order chi connectivity index (χ1) is 10.7. The highest BCUT2D eigenvalue weighted by Crippen LogP contribution is 2.15. The van der Waals surface area contributed by atoms with E-state index in [4.69, 9.17) is 0 Å². The number of nitrogens with one attached hydrogen (secondary N) is 2. The number of benzene rings is 2. The number of amides is 1. The van der Waals surface area contributed by atoms with Gasteiger partial charge in [-0.25, -0.2) is 0 Å². The monoisotopic (exact) mass is 306 g/mol. The molecule has 0 aliphatic rings. The molecule has 4 nitrogen and oxygen atoms in total. The molecule has 0 aliphatic carbocycles. The minimum absolute atomic E-state index is 0.150. The summed E-state index contributed by atoms with van der Waals surface area (Å²) in [6.45, 7) is -1.53. The number of anilines is 1. The summed E-state index contributed by atoms with van der Waals surface area (Å²) in [4.78, 5) is 10.3. The molecule has 2 N–H and O–H groups in total. The number of hydrogen-bond donors (Lipinski definition) is 2. The number of carbonyl (C=O) groups is 1. The van der Waals surface area contributed by atoms with Gasteiger partial charge in [-0.05, 0) is 35.4 Å². The van der Waals surface area contributed by atoms with Gasteiger partial charge in [-0.1, -0.05) is 24.3 Å². The van der Waals surface area contributed by atoms with Gasteiger partial charge in [0.25, 0.3) is 0 Å². The minimum Gasteiger partial charge on any atom is -0.435 e. The fourth-order valence-corrected chi connectivity index (χ4v) is 1.93. The van der Waals surface area contributed by atoms with E-state index in [9.17, 15) is 13.6 Å². The molecule has 0 fully saturated rings. The zero-order valence-electron chi connectivity index (χ0n) is 11.8. The maximum atomic E-state index is 12.0. The van der Waals surface area contributed by atoms with Gasteiger partial charge in [-0.2, -0.15) is 8.78 Å². The molecule has 0 saturated carbocycles. The fourth-order valence-electron chi connectivity index (χ4n) is 1.93. The first-order valence-electron chi connectivity index (χ1n) is 6.71. The predicted molar refractivity (Wildman–Crippen MR) is 79.7 cm³/mol. The van der Waals surface area contributed by atoms with Crippen LogP contribution in [0.15, 0.2) is 48.5 Å². The first kappa shape index (κ1) is 15.9. The van der Waals surface area contributed by atoms with Crippen molar-refractivity contribution in [1.82, 2.24) is 5.32 Å². The molecule has 2 rings (SSSR count). The van der Waals surface area contributed by atoms with Gasteiger partial charge in [-0.3, -0.25) is 4.79 Å². The van der Waals surface area contributed by atoms with Crippen LogP contribution in [0, 0.1) is 0 Å². The van der Waals surface area contributed by atoms with Crippen LogP contribution in [0.2, 0.25) is 0 Å². The largest absolute Gasteiger partial charge is 0.435 e. The van der Waals surface area contributed by atoms with Crippen molar-refractivity contribution in [1.29, 1.82) is 0 Å². The Bertz CT molecular complexity index is 586. The second-order valence-electron chi connectivity index (χ2n) is 4.59. The summed E-state index contributed by atoms with van der Waals surface area (Å²) in [6, 6.07) is 14.0. The second-order valence-corrected chi connectivity index (χ2v) is 4.59. The topological polar surface area (TPSA) is 50.4 Å². The van der Waals surface area contributed by atoms with Crippen LogP contribution < -0.4 is 15.4 Å². The predicted octanol–water partition coefficient (Wildman–Crippen LogP) is 3.15. The Labute approximate surface area is 127 Å². The summed E-state index contributed by atoms with van der Waals surface area (Å²) >= 11 is 0. The zero-order chi connectivity index (χ0) is 15.8. The molecule has 1 amide bonds. The Hall–Kier alpha value is -2.47. The van der Waals surface area contributed by atoms with Gasteiger partial charge in [0.05, 0.1) is 0 Å². The van der Waals surface area contributed by atoms with Crippen LogP contribution in [-0.2, 0) is 17.9 Å². The van der Waals surface area contributed by atoms with Crippen LogP contribution in [0.3, 0.4) is 0 Å². The van der Waals surface area contributed by atoms with E-state index in [0.717, 1.165) is 16.8 Å². The van der Waals surface area contributed by atoms with Gasteiger partial charge in [0.1, 0.15) is 5.75 Å². The molecule has 2 aromatic carbocycles. The molecule has 0 aliphatic heterocycles. The average Bonchev–Trinajstić information content (AvgIpc) is 2.50. The smallest absolute Gasteiger partial charge is 0.387 e. The summed E-state index contributed by atoms with van der Waals surface area (Å²) in [7, 11) is 0. The van der Waals surface area contributed by atoms with E-state index in [2.05, 4.69) is 15.4 Å². The number of alkyl halides is 2. The maximum absolute atomic E-state index is 12.0. The van der Waals surface area contributed by atoms with Gasteiger partial charge in [0, 0.05) is 18.8 Å². The van der Waals surface area contributed by atoms with Crippen molar-refractivity contribution in [2.45, 2.75) is 19.7 Å². The number of ether oxygens (including phenoxy) is 1. The van der Waals surface area contributed by atoms with Gasteiger partial charge in [0.2, 0.25) is 6.41 Å². The van der Waals surface area contributed by atoms with Crippen molar-refractivity contribution in [3.63, 3.8) is 0 Å². The van der Waals surface area contributed by atoms with E-state index in [0.29, 0.717) is 19.5 Å². The molecule has 0 spiro atoms. The van der Waals surface area contributed by atoms with Crippen LogP contribution in [0.4, 0.5) is 14.5 Å². The molecule has 2 aromatic rings. The van der Waals surface area contributed by atoms with Crippen LogP contribution in [0.5, 0.6) is 5.75 Å². The second kappa shape index (κ2) is 8.09. The molecule has 6 heteroatoms. The molecular formula is C16H16F2N2O2. The maximum Gasteiger partial charge on any atom is 0.387 e. The van der Waals surface area contributed by atoms with Crippen molar-refractivity contribution in [3.8, 4) is 5.75 Å². The molecule has 0 unspecified atom stereocenters. The van der Waals surface area contributed by atoms with E-state index in [1.165, 1.54) is 12.1 Å². The van der Waals surface area contributed by atoms with Gasteiger partial charge in [0.15, 0.2) is 0 Å². The Balaban J connectivity index is 1.79. The Kier molecular flexibility index (Phi) is 5.85. The van der Waals surface area contributed by atoms with Crippen molar-refractivity contribution in [2.75, 3.05) is 5.32 Å². The van der Waals surface area contributed by atoms with E-state index < -0.39 is 6.61 Å². The SMILES string of the molecule is O=CNc1ccc(CNCc2ccc(OC(F)F)cc2)cc1. The molecule has 0 bridgehead atoms. The van der Waals surface area contributed by atoms with Gasteiger partial charge in [-0.15, -0.1) is 0 Å². The fraction of sp³-hybridized carbons (Fsp3) is 0.188. The molecule has 0 atom stereocenters. The Morgan fingerprint density at radius 1 is 0.955 bits per heavy atom. The Morgan fingerprint density at radius 3 is 2.00 bits per heavy atom. The molecular weight excluding hydrogens is 290 g/mol. The van der Waals surface area contributed by atoms with E-state index in [1.807, 2.05) is 24.3 Å². The molecule has 0 saturated heterocycles. The quantitative estimate of drug-likeness (QED) is 0.737. The molecule has 116 valence electrons. The minimum atomic E-state index is -2.80. The van der Waals surface area contributed by atoms with E-state index in [-0.39, 0.29) is 5.75 Å². The molecule has 0 radical (unpaired) electrons. The van der Waals surface area contributed by atoms with Crippen LogP contribution in [0.25, 0.3) is 0 Å². The van der Waals surface area contributed by atoms with Crippen molar-refractivity contribution in [3.05, 3.63) is 59.7 Å². The molecule has 0 heterocycles. The third-order valence-electron chi connectivity index (χ3n) is 2.99. The van der Waals surface area contributed by atoms with Crippen LogP contribution >= 0.6 is 0 Å². The van der Waals surface area contributed by atoms with E-state index in [1.54, 1.807) is 12.1 Å².